The Morgan fingerprint density at radius 3 is 2.41 bits per heavy atom. The summed E-state index contributed by atoms with van der Waals surface area (Å²) >= 11 is 0. The Morgan fingerprint density at radius 1 is 1.03 bits per heavy atom. The molecule has 1 aliphatic heterocycles. The minimum atomic E-state index is -1.58. The molecule has 0 aliphatic carbocycles. The van der Waals surface area contributed by atoms with Gasteiger partial charge >= 0.3 is 0 Å². The molecule has 154 valence electrons. The van der Waals surface area contributed by atoms with Gasteiger partial charge in [-0.25, -0.2) is 13.2 Å². The molecule has 1 saturated heterocycles. The molecule has 0 aromatic heterocycles. The molecule has 1 heterocycles. The summed E-state index contributed by atoms with van der Waals surface area (Å²) in [5, 5.41) is 2.38. The van der Waals surface area contributed by atoms with Crippen molar-refractivity contribution in [2.75, 3.05) is 38.0 Å². The number of piperazine rings is 1. The van der Waals surface area contributed by atoms with E-state index < -0.39 is 29.4 Å². The predicted molar refractivity (Wildman–Crippen MR) is 106 cm³/mol. The largest absolute Gasteiger partial charge is 0.322 e. The van der Waals surface area contributed by atoms with Crippen LogP contribution in [0.1, 0.15) is 12.5 Å². The van der Waals surface area contributed by atoms with Crippen LogP contribution in [0.25, 0.3) is 6.08 Å². The molecule has 1 fully saturated rings. The summed E-state index contributed by atoms with van der Waals surface area (Å²) in [6.45, 7) is 6.15. The predicted octanol–water partition coefficient (Wildman–Crippen LogP) is 0.928. The fourth-order valence-electron chi connectivity index (χ4n) is 3.54. The number of anilines is 1. The zero-order chi connectivity index (χ0) is 20.8. The van der Waals surface area contributed by atoms with Gasteiger partial charge in [-0.15, -0.1) is 0 Å². The number of carbonyl (C=O) groups excluding carboxylic acids is 1. The molecule has 0 bridgehead atoms. The van der Waals surface area contributed by atoms with Crippen molar-refractivity contribution in [1.29, 1.82) is 0 Å². The summed E-state index contributed by atoms with van der Waals surface area (Å²) in [5.41, 5.74) is 0.835. The second-order valence-electron chi connectivity index (χ2n) is 7.36. The van der Waals surface area contributed by atoms with Gasteiger partial charge < -0.3 is 15.1 Å². The molecule has 3 rings (SSSR count). The van der Waals surface area contributed by atoms with E-state index in [1.807, 2.05) is 18.2 Å². The fourth-order valence-corrected chi connectivity index (χ4v) is 3.54. The highest BCUT2D eigenvalue weighted by Gasteiger charge is 2.31. The van der Waals surface area contributed by atoms with E-state index >= 15 is 0 Å². The molecule has 3 N–H and O–H groups in total. The normalized spacial score (nSPS) is 20.6. The van der Waals surface area contributed by atoms with E-state index in [2.05, 4.69) is 29.6 Å². The lowest BCUT2D eigenvalue weighted by molar-refractivity contribution is -1.02. The van der Waals surface area contributed by atoms with Gasteiger partial charge in [0.1, 0.15) is 26.2 Å². The molecular formula is C22H26F3N3O+2. The number of hydrogen-bond acceptors (Lipinski definition) is 1. The van der Waals surface area contributed by atoms with Crippen LogP contribution in [0.15, 0.2) is 48.5 Å². The van der Waals surface area contributed by atoms with E-state index in [0.717, 1.165) is 49.8 Å². The summed E-state index contributed by atoms with van der Waals surface area (Å²) in [5.74, 6) is -4.64. The van der Waals surface area contributed by atoms with E-state index in [4.69, 9.17) is 0 Å². The van der Waals surface area contributed by atoms with Crippen LogP contribution in [0.2, 0.25) is 0 Å². The maximum absolute atomic E-state index is 13.8. The Kier molecular flexibility index (Phi) is 7.06. The first-order valence-electron chi connectivity index (χ1n) is 9.80. The Balaban J connectivity index is 1.48. The van der Waals surface area contributed by atoms with Crippen LogP contribution in [0, 0.1) is 17.5 Å². The van der Waals surface area contributed by atoms with Gasteiger partial charge in [-0.3, -0.25) is 4.79 Å². The van der Waals surface area contributed by atoms with Crippen molar-refractivity contribution in [3.05, 3.63) is 71.6 Å². The SMILES string of the molecule is C[C@@H](C(=O)Nc1ccc(F)c(F)c1F)[NH+]1CC[NH+](C/C=C/c2ccccc2)CC1. The number of rotatable bonds is 6. The number of nitrogens with one attached hydrogen (secondary N) is 3. The van der Waals surface area contributed by atoms with Gasteiger partial charge in [0.15, 0.2) is 23.5 Å². The Bertz CT molecular complexity index is 865. The summed E-state index contributed by atoms with van der Waals surface area (Å²) in [4.78, 5) is 15.0. The molecule has 29 heavy (non-hydrogen) atoms. The smallest absolute Gasteiger partial charge is 0.282 e. The Hall–Kier alpha value is -2.64. The lowest BCUT2D eigenvalue weighted by atomic mass is 10.2. The number of hydrogen-bond donors (Lipinski definition) is 3. The minimum Gasteiger partial charge on any atom is -0.322 e. The monoisotopic (exact) mass is 405 g/mol. The molecule has 1 amide bonds. The van der Waals surface area contributed by atoms with E-state index in [0.29, 0.717) is 0 Å². The van der Waals surface area contributed by atoms with Crippen LogP contribution in [0.3, 0.4) is 0 Å². The van der Waals surface area contributed by atoms with Gasteiger partial charge in [0.05, 0.1) is 12.2 Å². The third-order valence-corrected chi connectivity index (χ3v) is 5.41. The molecule has 1 aliphatic rings. The first-order chi connectivity index (χ1) is 14.0. The molecule has 2 aromatic carbocycles. The van der Waals surface area contributed by atoms with E-state index in [9.17, 15) is 18.0 Å². The van der Waals surface area contributed by atoms with Crippen molar-refractivity contribution >= 4 is 17.7 Å². The Labute approximate surface area is 168 Å². The molecule has 0 spiro atoms. The molecule has 1 atom stereocenters. The molecule has 0 saturated carbocycles. The molecular weight excluding hydrogens is 379 g/mol. The number of quaternary nitrogens is 2. The van der Waals surface area contributed by atoms with E-state index in [1.54, 1.807) is 6.92 Å². The van der Waals surface area contributed by atoms with E-state index in [1.165, 1.54) is 10.5 Å². The fraction of sp³-hybridized carbons (Fsp3) is 0.318. The number of halogens is 3. The number of carbonyl (C=O) groups is 1. The summed E-state index contributed by atoms with van der Waals surface area (Å²) in [6, 6.07) is 11.5. The van der Waals surface area contributed by atoms with E-state index in [-0.39, 0.29) is 5.69 Å². The van der Waals surface area contributed by atoms with Crippen LogP contribution in [-0.2, 0) is 4.79 Å². The van der Waals surface area contributed by atoms with Crippen molar-refractivity contribution in [1.82, 2.24) is 0 Å². The zero-order valence-electron chi connectivity index (χ0n) is 16.4. The summed E-state index contributed by atoms with van der Waals surface area (Å²) in [6.07, 6.45) is 4.27. The van der Waals surface area contributed by atoms with Crippen LogP contribution in [0.5, 0.6) is 0 Å². The molecule has 0 radical (unpaired) electrons. The number of amides is 1. The first kappa shape index (κ1) is 21.1. The average Bonchev–Trinajstić information content (AvgIpc) is 2.75. The Morgan fingerprint density at radius 2 is 1.72 bits per heavy atom. The highest BCUT2D eigenvalue weighted by atomic mass is 19.2. The van der Waals surface area contributed by atoms with Gasteiger partial charge in [0.25, 0.3) is 5.91 Å². The molecule has 4 nitrogen and oxygen atoms in total. The van der Waals surface area contributed by atoms with Gasteiger partial charge in [-0.05, 0) is 30.7 Å². The maximum Gasteiger partial charge on any atom is 0.282 e. The first-order valence-corrected chi connectivity index (χ1v) is 9.80. The van der Waals surface area contributed by atoms with Crippen molar-refractivity contribution in [2.45, 2.75) is 13.0 Å². The average molecular weight is 405 g/mol. The maximum atomic E-state index is 13.8. The molecule has 0 unspecified atom stereocenters. The third kappa shape index (κ3) is 5.46. The lowest BCUT2D eigenvalue weighted by Crippen LogP contribution is -3.29. The highest BCUT2D eigenvalue weighted by molar-refractivity contribution is 5.93. The van der Waals surface area contributed by atoms with Gasteiger partial charge in [0, 0.05) is 0 Å². The second-order valence-corrected chi connectivity index (χ2v) is 7.36. The van der Waals surface area contributed by atoms with Crippen LogP contribution in [0.4, 0.5) is 18.9 Å². The zero-order valence-corrected chi connectivity index (χ0v) is 16.4. The standard InChI is InChI=1S/C22H24F3N3O/c1-16(22(29)26-19-10-9-18(23)20(24)21(19)25)28-14-12-27(13-15-28)11-5-8-17-6-3-2-4-7-17/h2-10,16H,11-15H2,1H3,(H,26,29)/p+2/b8-5+/t16-/m0/s1. The molecule has 2 aromatic rings. The summed E-state index contributed by atoms with van der Waals surface area (Å²) < 4.78 is 40.1. The topological polar surface area (TPSA) is 38.0 Å². The van der Waals surface area contributed by atoms with Crippen LogP contribution < -0.4 is 15.1 Å². The van der Waals surface area contributed by atoms with Crippen molar-refractivity contribution in [2.24, 2.45) is 0 Å². The van der Waals surface area contributed by atoms with Crippen molar-refractivity contribution < 1.29 is 27.8 Å². The lowest BCUT2D eigenvalue weighted by Gasteiger charge is -2.32. The molecule has 7 heteroatoms. The van der Waals surface area contributed by atoms with Gasteiger partial charge in [-0.2, -0.15) is 0 Å². The second kappa shape index (κ2) is 9.71. The minimum absolute atomic E-state index is 0.338. The van der Waals surface area contributed by atoms with Crippen LogP contribution >= 0.6 is 0 Å². The highest BCUT2D eigenvalue weighted by Crippen LogP contribution is 2.19. The van der Waals surface area contributed by atoms with Gasteiger partial charge in [0.2, 0.25) is 0 Å². The quantitative estimate of drug-likeness (QED) is 0.615. The third-order valence-electron chi connectivity index (χ3n) is 5.41. The summed E-state index contributed by atoms with van der Waals surface area (Å²) in [7, 11) is 0. The van der Waals surface area contributed by atoms with Crippen LogP contribution in [-0.4, -0.2) is 44.7 Å². The van der Waals surface area contributed by atoms with Crippen molar-refractivity contribution in [3.8, 4) is 0 Å². The van der Waals surface area contributed by atoms with Gasteiger partial charge in [-0.1, -0.05) is 36.4 Å². The number of benzene rings is 2. The van der Waals surface area contributed by atoms with Crippen molar-refractivity contribution in [3.63, 3.8) is 0 Å².